The molecule has 0 unspecified atom stereocenters. The highest BCUT2D eigenvalue weighted by atomic mass is 79.9. The summed E-state index contributed by atoms with van der Waals surface area (Å²) < 4.78 is 2.03. The van der Waals surface area contributed by atoms with Crippen molar-refractivity contribution in [1.29, 1.82) is 0 Å². The number of aromatic nitrogens is 1. The summed E-state index contributed by atoms with van der Waals surface area (Å²) in [4.78, 5) is 6.62. The standard InChI is InChI=1S/C11H17Br2N3/c1-3-16(2)5-4-14-8-11-10(13)6-9(12)7-15-11/h6-7,14H,3-5,8H2,1-2H3. The molecule has 90 valence electrons. The normalized spacial score (nSPS) is 11.1. The summed E-state index contributed by atoms with van der Waals surface area (Å²) in [5.74, 6) is 0. The Labute approximate surface area is 114 Å². The predicted molar refractivity (Wildman–Crippen MR) is 74.5 cm³/mol. The molecule has 0 aliphatic rings. The van der Waals surface area contributed by atoms with Gasteiger partial charge in [-0.1, -0.05) is 6.92 Å². The van der Waals surface area contributed by atoms with Crippen molar-refractivity contribution >= 4 is 31.9 Å². The van der Waals surface area contributed by atoms with Crippen LogP contribution in [0.25, 0.3) is 0 Å². The number of nitrogens with one attached hydrogen (secondary N) is 1. The third-order valence-corrected chi connectivity index (χ3v) is 3.51. The number of hydrogen-bond donors (Lipinski definition) is 1. The van der Waals surface area contributed by atoms with Crippen molar-refractivity contribution in [2.75, 3.05) is 26.7 Å². The maximum absolute atomic E-state index is 4.34. The largest absolute Gasteiger partial charge is 0.310 e. The van der Waals surface area contributed by atoms with Crippen LogP contribution in [0.3, 0.4) is 0 Å². The van der Waals surface area contributed by atoms with Gasteiger partial charge in [-0.2, -0.15) is 0 Å². The fourth-order valence-corrected chi connectivity index (χ4v) is 2.34. The van der Waals surface area contributed by atoms with E-state index in [4.69, 9.17) is 0 Å². The molecule has 3 nitrogen and oxygen atoms in total. The van der Waals surface area contributed by atoms with Gasteiger partial charge in [0.1, 0.15) is 0 Å². The lowest BCUT2D eigenvalue weighted by Gasteiger charge is -2.14. The minimum Gasteiger partial charge on any atom is -0.310 e. The van der Waals surface area contributed by atoms with Crippen molar-refractivity contribution in [3.8, 4) is 0 Å². The van der Waals surface area contributed by atoms with Crippen molar-refractivity contribution in [3.63, 3.8) is 0 Å². The van der Waals surface area contributed by atoms with E-state index in [0.717, 1.165) is 40.8 Å². The van der Waals surface area contributed by atoms with Crippen LogP contribution in [0.2, 0.25) is 0 Å². The van der Waals surface area contributed by atoms with Gasteiger partial charge in [0.2, 0.25) is 0 Å². The monoisotopic (exact) mass is 349 g/mol. The van der Waals surface area contributed by atoms with Gasteiger partial charge in [-0.25, -0.2) is 0 Å². The summed E-state index contributed by atoms with van der Waals surface area (Å²) in [6, 6.07) is 2.02. The Balaban J connectivity index is 2.32. The van der Waals surface area contributed by atoms with E-state index in [2.05, 4.69) is 61.0 Å². The highest BCUT2D eigenvalue weighted by molar-refractivity contribution is 9.11. The number of halogens is 2. The van der Waals surface area contributed by atoms with E-state index in [1.807, 2.05) is 12.3 Å². The molecule has 16 heavy (non-hydrogen) atoms. The van der Waals surface area contributed by atoms with Crippen LogP contribution >= 0.6 is 31.9 Å². The number of pyridine rings is 1. The van der Waals surface area contributed by atoms with Crippen molar-refractivity contribution in [1.82, 2.24) is 15.2 Å². The number of nitrogens with zero attached hydrogens (tertiary/aromatic N) is 2. The molecule has 0 saturated heterocycles. The second-order valence-corrected chi connectivity index (χ2v) is 5.42. The molecule has 1 aromatic heterocycles. The minimum absolute atomic E-state index is 0.797. The second-order valence-electron chi connectivity index (χ2n) is 3.65. The molecule has 1 aromatic rings. The Bertz CT molecular complexity index is 331. The summed E-state index contributed by atoms with van der Waals surface area (Å²) in [5, 5.41) is 3.38. The van der Waals surface area contributed by atoms with Crippen molar-refractivity contribution in [2.24, 2.45) is 0 Å². The minimum atomic E-state index is 0.797. The lowest BCUT2D eigenvalue weighted by atomic mass is 10.3. The molecule has 5 heteroatoms. The lowest BCUT2D eigenvalue weighted by Crippen LogP contribution is -2.29. The van der Waals surface area contributed by atoms with Gasteiger partial charge in [-0.15, -0.1) is 0 Å². The van der Waals surface area contributed by atoms with Gasteiger partial charge >= 0.3 is 0 Å². The molecule has 1 rings (SSSR count). The van der Waals surface area contributed by atoms with E-state index in [1.165, 1.54) is 0 Å². The smallest absolute Gasteiger partial charge is 0.0684 e. The third-order valence-electron chi connectivity index (χ3n) is 2.39. The van der Waals surface area contributed by atoms with Gasteiger partial charge in [0.05, 0.1) is 5.69 Å². The molecule has 0 saturated carbocycles. The van der Waals surface area contributed by atoms with Crippen LogP contribution in [0.1, 0.15) is 12.6 Å². The van der Waals surface area contributed by atoms with Crippen molar-refractivity contribution < 1.29 is 0 Å². The van der Waals surface area contributed by atoms with Crippen LogP contribution in [0, 0.1) is 0 Å². The third kappa shape index (κ3) is 4.91. The molecule has 0 radical (unpaired) electrons. The van der Waals surface area contributed by atoms with Gasteiger partial charge < -0.3 is 10.2 Å². The van der Waals surface area contributed by atoms with Crippen LogP contribution in [0.5, 0.6) is 0 Å². The molecular formula is C11H17Br2N3. The van der Waals surface area contributed by atoms with Crippen LogP contribution in [-0.4, -0.2) is 36.6 Å². The Hall–Kier alpha value is 0.0300. The van der Waals surface area contributed by atoms with Crippen LogP contribution in [0.15, 0.2) is 21.2 Å². The van der Waals surface area contributed by atoms with Crippen LogP contribution in [-0.2, 0) is 6.54 Å². The number of likely N-dealkylation sites (N-methyl/N-ethyl adjacent to an activating group) is 1. The summed E-state index contributed by atoms with van der Waals surface area (Å²) in [6.07, 6.45) is 1.82. The number of rotatable bonds is 6. The van der Waals surface area contributed by atoms with E-state index in [1.54, 1.807) is 0 Å². The lowest BCUT2D eigenvalue weighted by molar-refractivity contribution is 0.348. The topological polar surface area (TPSA) is 28.2 Å². The highest BCUT2D eigenvalue weighted by Gasteiger charge is 2.01. The van der Waals surface area contributed by atoms with Gasteiger partial charge in [-0.05, 0) is 51.5 Å². The van der Waals surface area contributed by atoms with Crippen LogP contribution in [0.4, 0.5) is 0 Å². The van der Waals surface area contributed by atoms with Crippen molar-refractivity contribution in [3.05, 3.63) is 26.9 Å². The van der Waals surface area contributed by atoms with Gasteiger partial charge in [-0.3, -0.25) is 4.98 Å². The summed E-state index contributed by atoms with van der Waals surface area (Å²) in [7, 11) is 2.12. The van der Waals surface area contributed by atoms with E-state index < -0.39 is 0 Å². The Morgan fingerprint density at radius 3 is 2.81 bits per heavy atom. The average Bonchev–Trinajstić information content (AvgIpc) is 2.26. The zero-order chi connectivity index (χ0) is 12.0. The Kier molecular flexibility index (Phi) is 6.49. The van der Waals surface area contributed by atoms with E-state index in [0.29, 0.717) is 0 Å². The fraction of sp³-hybridized carbons (Fsp3) is 0.545. The first-order valence-corrected chi connectivity index (χ1v) is 6.91. The first kappa shape index (κ1) is 14.1. The average molecular weight is 351 g/mol. The van der Waals surface area contributed by atoms with Crippen molar-refractivity contribution in [2.45, 2.75) is 13.5 Å². The molecule has 0 aliphatic heterocycles. The molecule has 0 bridgehead atoms. The van der Waals surface area contributed by atoms with Gasteiger partial charge in [0.15, 0.2) is 0 Å². The molecular weight excluding hydrogens is 334 g/mol. The summed E-state index contributed by atoms with van der Waals surface area (Å²) in [6.45, 7) is 6.08. The second kappa shape index (κ2) is 7.37. The molecule has 1 N–H and O–H groups in total. The SMILES string of the molecule is CCN(C)CCNCc1ncc(Br)cc1Br. The quantitative estimate of drug-likeness (QED) is 0.799. The molecule has 1 heterocycles. The highest BCUT2D eigenvalue weighted by Crippen LogP contribution is 2.19. The Morgan fingerprint density at radius 2 is 2.19 bits per heavy atom. The zero-order valence-corrected chi connectivity index (χ0v) is 12.8. The fourth-order valence-electron chi connectivity index (χ4n) is 1.21. The first-order chi connectivity index (χ1) is 7.63. The molecule has 0 aromatic carbocycles. The number of hydrogen-bond acceptors (Lipinski definition) is 3. The predicted octanol–water partition coefficient (Wildman–Crippen LogP) is 2.65. The van der Waals surface area contributed by atoms with Gasteiger partial charge in [0, 0.05) is 34.8 Å². The Morgan fingerprint density at radius 1 is 1.44 bits per heavy atom. The molecule has 0 atom stereocenters. The molecule has 0 aliphatic carbocycles. The summed E-state index contributed by atoms with van der Waals surface area (Å²) >= 11 is 6.89. The maximum atomic E-state index is 4.34. The van der Waals surface area contributed by atoms with E-state index in [-0.39, 0.29) is 0 Å². The van der Waals surface area contributed by atoms with Gasteiger partial charge in [0.25, 0.3) is 0 Å². The maximum Gasteiger partial charge on any atom is 0.0684 e. The van der Waals surface area contributed by atoms with E-state index in [9.17, 15) is 0 Å². The van der Waals surface area contributed by atoms with Crippen LogP contribution < -0.4 is 5.32 Å². The molecule has 0 spiro atoms. The molecule has 0 fully saturated rings. The van der Waals surface area contributed by atoms with E-state index >= 15 is 0 Å². The zero-order valence-electron chi connectivity index (χ0n) is 9.63. The first-order valence-electron chi connectivity index (χ1n) is 5.32. The molecule has 0 amide bonds. The summed E-state index contributed by atoms with van der Waals surface area (Å²) in [5.41, 5.74) is 1.04.